The van der Waals surface area contributed by atoms with Crippen LogP contribution in [0.1, 0.15) is 19.4 Å². The van der Waals surface area contributed by atoms with Crippen molar-refractivity contribution in [2.24, 2.45) is 0 Å². The molecule has 0 heterocycles. The van der Waals surface area contributed by atoms with Crippen LogP contribution in [-0.4, -0.2) is 6.26 Å². The number of halogens is 1. The largest absolute Gasteiger partial charge is 0.129 e. The van der Waals surface area contributed by atoms with Gasteiger partial charge in [-0.05, 0) is 35.9 Å². The smallest absolute Gasteiger partial charge is 0.0409 e. The Balaban J connectivity index is 3.12. The van der Waals surface area contributed by atoms with E-state index >= 15 is 0 Å². The zero-order valence-electron chi connectivity index (χ0n) is 7.52. The van der Waals surface area contributed by atoms with E-state index in [1.165, 1.54) is 16.4 Å². The van der Waals surface area contributed by atoms with Crippen LogP contribution in [-0.2, 0) is 0 Å². The van der Waals surface area contributed by atoms with Crippen LogP contribution in [0.5, 0.6) is 0 Å². The maximum Gasteiger partial charge on any atom is 0.0409 e. The van der Waals surface area contributed by atoms with Gasteiger partial charge in [0.15, 0.2) is 0 Å². The first-order valence-corrected chi connectivity index (χ1v) is 5.39. The molecule has 1 radical (unpaired) electrons. The average molecular weight is 200 g/mol. The lowest BCUT2D eigenvalue weighted by Gasteiger charge is -2.10. The van der Waals surface area contributed by atoms with Crippen LogP contribution >= 0.6 is 23.4 Å². The second-order valence-corrected chi connectivity index (χ2v) is 4.13. The summed E-state index contributed by atoms with van der Waals surface area (Å²) in [6.07, 6.45) is 2.08. The van der Waals surface area contributed by atoms with Gasteiger partial charge in [0.05, 0.1) is 0 Å². The Morgan fingerprint density at radius 1 is 1.33 bits per heavy atom. The summed E-state index contributed by atoms with van der Waals surface area (Å²) in [6.45, 7) is 4.21. The van der Waals surface area contributed by atoms with E-state index in [1.54, 1.807) is 11.8 Å². The summed E-state index contributed by atoms with van der Waals surface area (Å²) < 4.78 is 0. The summed E-state index contributed by atoms with van der Waals surface area (Å²) in [6, 6.07) is 6.01. The Hall–Kier alpha value is -0.140. The van der Waals surface area contributed by atoms with Gasteiger partial charge in [-0.3, -0.25) is 0 Å². The van der Waals surface area contributed by atoms with Crippen molar-refractivity contribution in [3.05, 3.63) is 34.7 Å². The molecule has 0 aromatic heterocycles. The van der Waals surface area contributed by atoms with E-state index in [4.69, 9.17) is 11.6 Å². The van der Waals surface area contributed by atoms with Crippen molar-refractivity contribution in [1.82, 2.24) is 0 Å². The monoisotopic (exact) mass is 199 g/mol. The first-order valence-electron chi connectivity index (χ1n) is 3.79. The van der Waals surface area contributed by atoms with Crippen LogP contribution in [0.4, 0.5) is 0 Å². The SMILES string of the molecule is CSc1ccc(Cl)cc1[C](C)C. The van der Waals surface area contributed by atoms with Crippen molar-refractivity contribution in [2.45, 2.75) is 18.7 Å². The van der Waals surface area contributed by atoms with Crippen molar-refractivity contribution >= 4 is 23.4 Å². The van der Waals surface area contributed by atoms with Crippen LogP contribution in [0.2, 0.25) is 5.02 Å². The molecular formula is C10H12ClS. The zero-order chi connectivity index (χ0) is 9.14. The lowest BCUT2D eigenvalue weighted by molar-refractivity contribution is 1.10. The van der Waals surface area contributed by atoms with Gasteiger partial charge in [0.2, 0.25) is 0 Å². The second-order valence-electron chi connectivity index (χ2n) is 2.84. The Kier molecular flexibility index (Phi) is 3.48. The molecule has 2 heteroatoms. The van der Waals surface area contributed by atoms with E-state index in [0.29, 0.717) is 0 Å². The third kappa shape index (κ3) is 2.18. The molecule has 0 aliphatic carbocycles. The van der Waals surface area contributed by atoms with E-state index < -0.39 is 0 Å². The van der Waals surface area contributed by atoms with Gasteiger partial charge >= 0.3 is 0 Å². The summed E-state index contributed by atoms with van der Waals surface area (Å²) in [5.41, 5.74) is 1.26. The van der Waals surface area contributed by atoms with Crippen LogP contribution < -0.4 is 0 Å². The van der Waals surface area contributed by atoms with Gasteiger partial charge in [-0.15, -0.1) is 11.8 Å². The van der Waals surface area contributed by atoms with Gasteiger partial charge in [-0.1, -0.05) is 25.4 Å². The molecule has 0 bridgehead atoms. The highest BCUT2D eigenvalue weighted by Gasteiger charge is 2.06. The Labute approximate surface area is 83.3 Å². The fourth-order valence-corrected chi connectivity index (χ4v) is 1.93. The molecule has 1 aromatic rings. The molecule has 0 nitrogen and oxygen atoms in total. The highest BCUT2D eigenvalue weighted by Crippen LogP contribution is 2.28. The van der Waals surface area contributed by atoms with Crippen molar-refractivity contribution in [3.8, 4) is 0 Å². The van der Waals surface area contributed by atoms with E-state index in [9.17, 15) is 0 Å². The molecule has 12 heavy (non-hydrogen) atoms. The predicted octanol–water partition coefficient (Wildman–Crippen LogP) is 4.02. The third-order valence-corrected chi connectivity index (χ3v) is 2.73. The summed E-state index contributed by atoms with van der Waals surface area (Å²) in [5, 5.41) is 0.809. The lowest BCUT2D eigenvalue weighted by atomic mass is 10.0. The first kappa shape index (κ1) is 9.94. The van der Waals surface area contributed by atoms with Gasteiger partial charge in [-0.25, -0.2) is 0 Å². The molecule has 0 fully saturated rings. The molecule has 1 aromatic carbocycles. The van der Waals surface area contributed by atoms with Crippen LogP contribution in [0.25, 0.3) is 0 Å². The van der Waals surface area contributed by atoms with Crippen molar-refractivity contribution in [3.63, 3.8) is 0 Å². The summed E-state index contributed by atoms with van der Waals surface area (Å²) in [7, 11) is 0. The van der Waals surface area contributed by atoms with Crippen molar-refractivity contribution in [1.29, 1.82) is 0 Å². The molecule has 0 amide bonds. The first-order chi connectivity index (χ1) is 5.65. The summed E-state index contributed by atoms with van der Waals surface area (Å²) in [4.78, 5) is 1.29. The molecule has 0 saturated heterocycles. The van der Waals surface area contributed by atoms with Crippen molar-refractivity contribution in [2.75, 3.05) is 6.26 Å². The summed E-state index contributed by atoms with van der Waals surface area (Å²) >= 11 is 7.65. The number of benzene rings is 1. The van der Waals surface area contributed by atoms with Crippen LogP contribution in [0.3, 0.4) is 0 Å². The fraction of sp³-hybridized carbons (Fsp3) is 0.300. The Morgan fingerprint density at radius 3 is 2.50 bits per heavy atom. The Morgan fingerprint density at radius 2 is 2.00 bits per heavy atom. The van der Waals surface area contributed by atoms with Gasteiger partial charge in [0, 0.05) is 9.92 Å². The molecule has 0 atom stereocenters. The molecule has 0 aliphatic heterocycles. The molecule has 0 aliphatic rings. The quantitative estimate of drug-likeness (QED) is 0.649. The third-order valence-electron chi connectivity index (χ3n) is 1.70. The zero-order valence-corrected chi connectivity index (χ0v) is 9.09. The molecule has 0 saturated carbocycles. The van der Waals surface area contributed by atoms with Gasteiger partial charge in [0.25, 0.3) is 0 Å². The van der Waals surface area contributed by atoms with Crippen LogP contribution in [0, 0.1) is 5.92 Å². The lowest BCUT2D eigenvalue weighted by Crippen LogP contribution is -1.90. The Bertz CT molecular complexity index is 269. The van der Waals surface area contributed by atoms with E-state index in [-0.39, 0.29) is 0 Å². The van der Waals surface area contributed by atoms with E-state index in [2.05, 4.69) is 26.2 Å². The topological polar surface area (TPSA) is 0 Å². The van der Waals surface area contributed by atoms with Gasteiger partial charge in [0.1, 0.15) is 0 Å². The normalized spacial score (nSPS) is 10.8. The summed E-state index contributed by atoms with van der Waals surface area (Å²) in [5.74, 6) is 1.31. The van der Waals surface area contributed by atoms with E-state index in [1.807, 2.05) is 12.1 Å². The molecular weight excluding hydrogens is 188 g/mol. The van der Waals surface area contributed by atoms with Gasteiger partial charge < -0.3 is 0 Å². The highest BCUT2D eigenvalue weighted by atomic mass is 35.5. The predicted molar refractivity (Wildman–Crippen MR) is 56.9 cm³/mol. The molecule has 0 spiro atoms. The maximum absolute atomic E-state index is 5.90. The van der Waals surface area contributed by atoms with Crippen molar-refractivity contribution < 1.29 is 0 Å². The van der Waals surface area contributed by atoms with Gasteiger partial charge in [-0.2, -0.15) is 0 Å². The minimum absolute atomic E-state index is 0.809. The second kappa shape index (κ2) is 4.20. The highest BCUT2D eigenvalue weighted by molar-refractivity contribution is 7.98. The molecule has 1 rings (SSSR count). The van der Waals surface area contributed by atoms with Crippen LogP contribution in [0.15, 0.2) is 23.1 Å². The number of hydrogen-bond donors (Lipinski definition) is 0. The van der Waals surface area contributed by atoms with E-state index in [0.717, 1.165) is 5.02 Å². The number of thioether (sulfide) groups is 1. The number of rotatable bonds is 2. The minimum Gasteiger partial charge on any atom is -0.129 e. The fourth-order valence-electron chi connectivity index (χ4n) is 1.07. The number of hydrogen-bond acceptors (Lipinski definition) is 1. The molecule has 65 valence electrons. The minimum atomic E-state index is 0.809. The molecule has 0 unspecified atom stereocenters. The average Bonchev–Trinajstić information content (AvgIpc) is 2.04. The molecule has 0 N–H and O–H groups in total. The maximum atomic E-state index is 5.90. The standard InChI is InChI=1S/C10H12ClS/c1-7(2)9-6-8(11)4-5-10(9)12-3/h4-6H,1-3H3.